The minimum atomic E-state index is -3.10. The van der Waals surface area contributed by atoms with E-state index in [-0.39, 0.29) is 47.4 Å². The van der Waals surface area contributed by atoms with E-state index in [0.717, 1.165) is 0 Å². The van der Waals surface area contributed by atoms with E-state index in [2.05, 4.69) is 0 Å². The molecule has 0 aliphatic carbocycles. The summed E-state index contributed by atoms with van der Waals surface area (Å²) in [4.78, 5) is 25.6. The first-order valence-corrected chi connectivity index (χ1v) is 10.4. The van der Waals surface area contributed by atoms with Crippen molar-refractivity contribution in [2.45, 2.75) is 38.8 Å². The smallest absolute Gasteiger partial charge is 0.261 e. The lowest BCUT2D eigenvalue weighted by molar-refractivity contribution is -0.137. The molecule has 0 bridgehead atoms. The molecule has 0 radical (unpaired) electrons. The number of aldehydes is 1. The molecular formula is C18H25NO6S. The van der Waals surface area contributed by atoms with E-state index < -0.39 is 9.84 Å². The Morgan fingerprint density at radius 3 is 2.69 bits per heavy atom. The Morgan fingerprint density at radius 2 is 2.15 bits per heavy atom. The van der Waals surface area contributed by atoms with E-state index in [0.29, 0.717) is 24.9 Å². The maximum atomic E-state index is 12.7. The fourth-order valence-corrected chi connectivity index (χ4v) is 4.80. The average Bonchev–Trinajstić information content (AvgIpc) is 2.98. The molecule has 0 saturated carbocycles. The summed E-state index contributed by atoms with van der Waals surface area (Å²) >= 11 is 0. The second-order valence-electron chi connectivity index (χ2n) is 6.43. The fraction of sp³-hybridized carbons (Fsp3) is 0.556. The molecule has 7 nitrogen and oxygen atoms in total. The summed E-state index contributed by atoms with van der Waals surface area (Å²) in [6, 6.07) is 4.33. The van der Waals surface area contributed by atoms with Crippen molar-refractivity contribution in [1.82, 2.24) is 4.90 Å². The van der Waals surface area contributed by atoms with Crippen LogP contribution in [0, 0.1) is 0 Å². The van der Waals surface area contributed by atoms with E-state index in [1.807, 2.05) is 13.8 Å². The number of nitrogens with zero attached hydrogens (tertiary/aromatic N) is 1. The van der Waals surface area contributed by atoms with Gasteiger partial charge in [0.25, 0.3) is 5.91 Å². The average molecular weight is 383 g/mol. The zero-order valence-electron chi connectivity index (χ0n) is 15.3. The highest BCUT2D eigenvalue weighted by Crippen LogP contribution is 2.24. The van der Waals surface area contributed by atoms with Gasteiger partial charge in [-0.1, -0.05) is 6.92 Å². The molecule has 1 saturated heterocycles. The second kappa shape index (κ2) is 8.53. The molecule has 1 aromatic carbocycles. The topological polar surface area (TPSA) is 90.0 Å². The summed E-state index contributed by atoms with van der Waals surface area (Å²) in [5.74, 6) is 0.618. The zero-order chi connectivity index (χ0) is 19.3. The van der Waals surface area contributed by atoms with Gasteiger partial charge in [-0.2, -0.15) is 0 Å². The standard InChI is InChI=1S/C18H25NO6S/c1-4-13(2)19(15-7-8-26(22,23)12-15)18(21)11-25-17-6-5-16(24-3)9-14(17)10-20/h5-6,9-10,13,15H,4,7-8,11-12H2,1-3H3/t13-,15-/m1/s1. The molecular weight excluding hydrogens is 358 g/mol. The van der Waals surface area contributed by atoms with Gasteiger partial charge in [0.15, 0.2) is 22.7 Å². The van der Waals surface area contributed by atoms with Crippen molar-refractivity contribution < 1.29 is 27.5 Å². The van der Waals surface area contributed by atoms with Crippen LogP contribution in [-0.2, 0) is 14.6 Å². The predicted octanol–water partition coefficient (Wildman–Crippen LogP) is 1.70. The van der Waals surface area contributed by atoms with Crippen LogP contribution in [0.1, 0.15) is 37.0 Å². The summed E-state index contributed by atoms with van der Waals surface area (Å²) in [7, 11) is -1.60. The Bertz CT molecular complexity index is 761. The normalized spacial score (nSPS) is 19.6. The maximum absolute atomic E-state index is 12.7. The second-order valence-corrected chi connectivity index (χ2v) is 8.65. The Hall–Kier alpha value is -2.09. The van der Waals surface area contributed by atoms with Gasteiger partial charge in [0, 0.05) is 12.1 Å². The largest absolute Gasteiger partial charge is 0.497 e. The molecule has 8 heteroatoms. The quantitative estimate of drug-likeness (QED) is 0.635. The number of amides is 1. The van der Waals surface area contributed by atoms with Gasteiger partial charge in [-0.05, 0) is 38.0 Å². The summed E-state index contributed by atoms with van der Waals surface area (Å²) in [5, 5.41) is 0. The predicted molar refractivity (Wildman–Crippen MR) is 97.5 cm³/mol. The van der Waals surface area contributed by atoms with Crippen molar-refractivity contribution in [3.05, 3.63) is 23.8 Å². The monoisotopic (exact) mass is 383 g/mol. The highest BCUT2D eigenvalue weighted by Gasteiger charge is 2.36. The Balaban J connectivity index is 2.11. The molecule has 2 atom stereocenters. The molecule has 0 unspecified atom stereocenters. The number of rotatable bonds is 8. The van der Waals surface area contributed by atoms with Gasteiger partial charge in [0.1, 0.15) is 11.5 Å². The SMILES string of the molecule is CC[C@@H](C)N(C(=O)COc1ccc(OC)cc1C=O)[C@@H]1CCS(=O)(=O)C1. The van der Waals surface area contributed by atoms with Gasteiger partial charge in [0.2, 0.25) is 0 Å². The maximum Gasteiger partial charge on any atom is 0.261 e. The Kier molecular flexibility index (Phi) is 6.63. The van der Waals surface area contributed by atoms with Crippen LogP contribution >= 0.6 is 0 Å². The Morgan fingerprint density at radius 1 is 1.42 bits per heavy atom. The molecule has 0 N–H and O–H groups in total. The number of carbonyl (C=O) groups is 2. The van der Waals surface area contributed by atoms with Crippen LogP contribution in [0.5, 0.6) is 11.5 Å². The van der Waals surface area contributed by atoms with Gasteiger partial charge >= 0.3 is 0 Å². The lowest BCUT2D eigenvalue weighted by Gasteiger charge is -2.33. The number of ether oxygens (including phenoxy) is 2. The van der Waals surface area contributed by atoms with Crippen LogP contribution in [0.4, 0.5) is 0 Å². The molecule has 1 fully saturated rings. The van der Waals surface area contributed by atoms with E-state index in [4.69, 9.17) is 9.47 Å². The lowest BCUT2D eigenvalue weighted by Crippen LogP contribution is -2.48. The zero-order valence-corrected chi connectivity index (χ0v) is 16.1. The van der Waals surface area contributed by atoms with Crippen LogP contribution in [0.15, 0.2) is 18.2 Å². The van der Waals surface area contributed by atoms with E-state index in [1.54, 1.807) is 17.0 Å². The number of carbonyl (C=O) groups excluding carboxylic acids is 2. The third-order valence-electron chi connectivity index (χ3n) is 4.65. The number of benzene rings is 1. The molecule has 1 amide bonds. The molecule has 0 spiro atoms. The molecule has 1 aliphatic heterocycles. The summed E-state index contributed by atoms with van der Waals surface area (Å²) in [6.45, 7) is 3.59. The molecule has 1 aliphatic rings. The molecule has 144 valence electrons. The van der Waals surface area contributed by atoms with Crippen LogP contribution in [0.25, 0.3) is 0 Å². The molecule has 0 aromatic heterocycles. The van der Waals surface area contributed by atoms with Crippen LogP contribution in [0.2, 0.25) is 0 Å². The molecule has 1 aromatic rings. The third-order valence-corrected chi connectivity index (χ3v) is 6.40. The number of hydrogen-bond donors (Lipinski definition) is 0. The Labute approximate surface area is 154 Å². The molecule has 26 heavy (non-hydrogen) atoms. The van der Waals surface area contributed by atoms with Gasteiger partial charge in [-0.25, -0.2) is 8.42 Å². The number of hydrogen-bond acceptors (Lipinski definition) is 6. The van der Waals surface area contributed by atoms with Crippen LogP contribution in [0.3, 0.4) is 0 Å². The minimum Gasteiger partial charge on any atom is -0.497 e. The summed E-state index contributed by atoms with van der Waals surface area (Å²) < 4.78 is 34.2. The lowest BCUT2D eigenvalue weighted by atomic mass is 10.1. The van der Waals surface area contributed by atoms with Gasteiger partial charge in [-0.3, -0.25) is 9.59 Å². The van der Waals surface area contributed by atoms with Crippen LogP contribution in [-0.4, -0.2) is 62.8 Å². The third kappa shape index (κ3) is 4.75. The van der Waals surface area contributed by atoms with Crippen LogP contribution < -0.4 is 9.47 Å². The van der Waals surface area contributed by atoms with E-state index in [1.165, 1.54) is 13.2 Å². The van der Waals surface area contributed by atoms with Crippen molar-refractivity contribution in [3.63, 3.8) is 0 Å². The first-order valence-electron chi connectivity index (χ1n) is 8.59. The van der Waals surface area contributed by atoms with Crippen molar-refractivity contribution in [3.8, 4) is 11.5 Å². The number of methoxy groups -OCH3 is 1. The fourth-order valence-electron chi connectivity index (χ4n) is 3.09. The van der Waals surface area contributed by atoms with Gasteiger partial charge < -0.3 is 14.4 Å². The van der Waals surface area contributed by atoms with Crippen molar-refractivity contribution >= 4 is 22.0 Å². The van der Waals surface area contributed by atoms with Crippen molar-refractivity contribution in [2.75, 3.05) is 25.2 Å². The summed E-state index contributed by atoms with van der Waals surface area (Å²) in [5.41, 5.74) is 0.288. The van der Waals surface area contributed by atoms with E-state index in [9.17, 15) is 18.0 Å². The first-order chi connectivity index (χ1) is 12.3. The first kappa shape index (κ1) is 20.2. The summed E-state index contributed by atoms with van der Waals surface area (Å²) in [6.07, 6.45) is 1.79. The van der Waals surface area contributed by atoms with Gasteiger partial charge in [0.05, 0.1) is 24.2 Å². The molecule has 2 rings (SSSR count). The highest BCUT2D eigenvalue weighted by molar-refractivity contribution is 7.91. The van der Waals surface area contributed by atoms with Crippen molar-refractivity contribution in [2.24, 2.45) is 0 Å². The minimum absolute atomic E-state index is 0.00873. The van der Waals surface area contributed by atoms with Gasteiger partial charge in [-0.15, -0.1) is 0 Å². The highest BCUT2D eigenvalue weighted by atomic mass is 32.2. The van der Waals surface area contributed by atoms with E-state index >= 15 is 0 Å². The molecule has 1 heterocycles. The number of sulfone groups is 1. The van der Waals surface area contributed by atoms with Crippen molar-refractivity contribution in [1.29, 1.82) is 0 Å².